The predicted octanol–water partition coefficient (Wildman–Crippen LogP) is 5.81. The molecule has 0 heterocycles. The Labute approximate surface area is 157 Å². The van der Waals surface area contributed by atoms with Gasteiger partial charge in [-0.25, -0.2) is 0 Å². The summed E-state index contributed by atoms with van der Waals surface area (Å²) < 4.78 is 0. The summed E-state index contributed by atoms with van der Waals surface area (Å²) in [5.41, 5.74) is 4.13. The molecule has 25 heavy (non-hydrogen) atoms. The van der Waals surface area contributed by atoms with Gasteiger partial charge in [0, 0.05) is 10.4 Å². The Morgan fingerprint density at radius 1 is 1.20 bits per heavy atom. The summed E-state index contributed by atoms with van der Waals surface area (Å²) in [5.74, 6) is 0. The summed E-state index contributed by atoms with van der Waals surface area (Å²) in [5, 5.41) is 0.727. The summed E-state index contributed by atoms with van der Waals surface area (Å²) in [4.78, 5) is 13.4. The standard InChI is InChI=1S/C22H26BClO/c1-6-13-22(4,19-11-12-20(24)17(3)14-19)21(25)23(5)15-18-10-8-7-9-16(18)2/h6-12,14H,1,13,15H2,2-5H3. The molecular weight excluding hydrogens is 327 g/mol. The highest BCUT2D eigenvalue weighted by atomic mass is 35.5. The van der Waals surface area contributed by atoms with Crippen LogP contribution in [0.25, 0.3) is 0 Å². The van der Waals surface area contributed by atoms with Gasteiger partial charge in [-0.2, -0.15) is 0 Å². The minimum Gasteiger partial charge on any atom is -0.310 e. The average Bonchev–Trinajstić information content (AvgIpc) is 2.58. The van der Waals surface area contributed by atoms with Gasteiger partial charge in [0.2, 0.25) is 6.71 Å². The van der Waals surface area contributed by atoms with Crippen LogP contribution in [-0.4, -0.2) is 12.4 Å². The third kappa shape index (κ3) is 4.25. The third-order valence-corrected chi connectivity index (χ3v) is 5.55. The first kappa shape index (κ1) is 19.5. The number of carbonyl (C=O) groups excluding carboxylic acids is 1. The number of hydrogen-bond donors (Lipinski definition) is 0. The molecule has 0 fully saturated rings. The highest BCUT2D eigenvalue weighted by Crippen LogP contribution is 2.33. The van der Waals surface area contributed by atoms with Gasteiger partial charge in [0.25, 0.3) is 0 Å². The maximum Gasteiger partial charge on any atom is 0.225 e. The molecular formula is C22H26BClO. The second kappa shape index (κ2) is 8.06. The van der Waals surface area contributed by atoms with E-state index in [2.05, 4.69) is 25.6 Å². The zero-order valence-corrected chi connectivity index (χ0v) is 16.4. The Hall–Kier alpha value is -1.80. The number of carbonyl (C=O) groups is 1. The van der Waals surface area contributed by atoms with Crippen LogP contribution in [0.3, 0.4) is 0 Å². The van der Waals surface area contributed by atoms with Gasteiger partial charge in [0.05, 0.1) is 0 Å². The Balaban J connectivity index is 2.34. The van der Waals surface area contributed by atoms with Gasteiger partial charge in [-0.15, -0.1) is 6.58 Å². The van der Waals surface area contributed by atoms with Crippen LogP contribution in [0.2, 0.25) is 11.8 Å². The smallest absolute Gasteiger partial charge is 0.225 e. The molecule has 0 bridgehead atoms. The maximum absolute atomic E-state index is 13.4. The van der Waals surface area contributed by atoms with Crippen molar-refractivity contribution in [3.63, 3.8) is 0 Å². The summed E-state index contributed by atoms with van der Waals surface area (Å²) in [6, 6.07) is 14.2. The normalized spacial score (nSPS) is 13.2. The monoisotopic (exact) mass is 352 g/mol. The topological polar surface area (TPSA) is 17.1 Å². The number of benzene rings is 2. The molecule has 0 saturated carbocycles. The molecule has 0 amide bonds. The molecule has 1 unspecified atom stereocenters. The van der Waals surface area contributed by atoms with E-state index >= 15 is 0 Å². The lowest BCUT2D eigenvalue weighted by molar-refractivity contribution is -0.116. The van der Waals surface area contributed by atoms with Crippen LogP contribution in [-0.2, 0) is 16.5 Å². The van der Waals surface area contributed by atoms with Gasteiger partial charge in [-0.3, -0.25) is 0 Å². The summed E-state index contributed by atoms with van der Waals surface area (Å²) in [6.07, 6.45) is 3.21. The Morgan fingerprint density at radius 3 is 2.48 bits per heavy atom. The number of rotatable bonds is 7. The van der Waals surface area contributed by atoms with E-state index in [-0.39, 0.29) is 12.4 Å². The third-order valence-electron chi connectivity index (χ3n) is 5.13. The molecule has 0 aromatic heterocycles. The van der Waals surface area contributed by atoms with Crippen molar-refractivity contribution in [2.75, 3.05) is 0 Å². The molecule has 0 radical (unpaired) electrons. The van der Waals surface area contributed by atoms with Gasteiger partial charge >= 0.3 is 0 Å². The minimum absolute atomic E-state index is 0.0676. The average molecular weight is 353 g/mol. The first-order valence-corrected chi connectivity index (χ1v) is 9.13. The molecule has 0 saturated heterocycles. The molecule has 0 aliphatic rings. The first-order chi connectivity index (χ1) is 11.8. The van der Waals surface area contributed by atoms with Crippen molar-refractivity contribution in [1.82, 2.24) is 0 Å². The van der Waals surface area contributed by atoms with Crippen molar-refractivity contribution < 1.29 is 4.79 Å². The van der Waals surface area contributed by atoms with E-state index in [0.29, 0.717) is 6.42 Å². The number of aryl methyl sites for hydroxylation is 2. The fraction of sp³-hybridized carbons (Fsp3) is 0.318. The van der Waals surface area contributed by atoms with Crippen LogP contribution in [0, 0.1) is 13.8 Å². The van der Waals surface area contributed by atoms with Crippen LogP contribution in [0.1, 0.15) is 35.6 Å². The molecule has 130 valence electrons. The molecule has 2 aromatic carbocycles. The zero-order chi connectivity index (χ0) is 18.6. The molecule has 0 aliphatic carbocycles. The maximum atomic E-state index is 13.4. The summed E-state index contributed by atoms with van der Waals surface area (Å²) >= 11 is 6.17. The molecule has 0 spiro atoms. The van der Waals surface area contributed by atoms with Crippen molar-refractivity contribution >= 4 is 24.0 Å². The Bertz CT molecular complexity index is 783. The Kier molecular flexibility index (Phi) is 6.29. The Morgan fingerprint density at radius 2 is 1.88 bits per heavy atom. The highest BCUT2D eigenvalue weighted by molar-refractivity contribution is 6.89. The van der Waals surface area contributed by atoms with Crippen LogP contribution >= 0.6 is 11.6 Å². The van der Waals surface area contributed by atoms with Crippen molar-refractivity contribution in [3.8, 4) is 0 Å². The molecule has 0 N–H and O–H groups in total. The lowest BCUT2D eigenvalue weighted by atomic mass is 9.39. The largest absolute Gasteiger partial charge is 0.310 e. The fourth-order valence-corrected chi connectivity index (χ4v) is 3.56. The van der Waals surface area contributed by atoms with Gasteiger partial charge in [0.15, 0.2) is 0 Å². The molecule has 2 rings (SSSR count). The number of halogens is 1. The lowest BCUT2D eigenvalue weighted by Crippen LogP contribution is -2.42. The van der Waals surface area contributed by atoms with E-state index in [9.17, 15) is 4.79 Å². The van der Waals surface area contributed by atoms with E-state index in [1.165, 1.54) is 11.1 Å². The first-order valence-electron chi connectivity index (χ1n) is 8.76. The molecule has 3 heteroatoms. The molecule has 2 aromatic rings. The van der Waals surface area contributed by atoms with E-state index in [4.69, 9.17) is 11.6 Å². The van der Waals surface area contributed by atoms with Crippen molar-refractivity contribution in [3.05, 3.63) is 82.4 Å². The van der Waals surface area contributed by atoms with Crippen molar-refractivity contribution in [2.45, 2.75) is 45.8 Å². The second-order valence-electron chi connectivity index (χ2n) is 7.18. The van der Waals surface area contributed by atoms with Crippen molar-refractivity contribution in [1.29, 1.82) is 0 Å². The van der Waals surface area contributed by atoms with E-state index < -0.39 is 5.41 Å². The van der Waals surface area contributed by atoms with Gasteiger partial charge in [-0.05, 0) is 56.3 Å². The predicted molar refractivity (Wildman–Crippen MR) is 110 cm³/mol. The summed E-state index contributed by atoms with van der Waals surface area (Å²) in [7, 11) is 0. The molecule has 0 aliphatic heterocycles. The lowest BCUT2D eigenvalue weighted by Gasteiger charge is -2.30. The number of hydrogen-bond acceptors (Lipinski definition) is 1. The van der Waals surface area contributed by atoms with Crippen LogP contribution in [0.4, 0.5) is 0 Å². The number of allylic oxidation sites excluding steroid dienone is 1. The zero-order valence-electron chi connectivity index (χ0n) is 15.6. The van der Waals surface area contributed by atoms with E-state index in [1.54, 1.807) is 0 Å². The van der Waals surface area contributed by atoms with Crippen LogP contribution < -0.4 is 0 Å². The highest BCUT2D eigenvalue weighted by Gasteiger charge is 2.38. The van der Waals surface area contributed by atoms with E-state index in [0.717, 1.165) is 22.5 Å². The van der Waals surface area contributed by atoms with E-state index in [1.807, 2.05) is 57.1 Å². The van der Waals surface area contributed by atoms with Crippen LogP contribution in [0.5, 0.6) is 0 Å². The van der Waals surface area contributed by atoms with Crippen LogP contribution in [0.15, 0.2) is 55.1 Å². The minimum atomic E-state index is -0.584. The summed E-state index contributed by atoms with van der Waals surface area (Å²) in [6.45, 7) is 11.9. The quantitative estimate of drug-likeness (QED) is 0.454. The van der Waals surface area contributed by atoms with Gasteiger partial charge < -0.3 is 4.79 Å². The fourth-order valence-electron chi connectivity index (χ4n) is 3.44. The van der Waals surface area contributed by atoms with Crippen molar-refractivity contribution in [2.24, 2.45) is 0 Å². The molecule has 1 atom stereocenters. The second-order valence-corrected chi connectivity index (χ2v) is 7.59. The molecule has 1 nitrogen and oxygen atoms in total. The SMILES string of the molecule is C=CCC(C)(C(=O)B(C)Cc1ccccc1C)c1ccc(Cl)c(C)c1. The van der Waals surface area contributed by atoms with Gasteiger partial charge in [-0.1, -0.05) is 66.5 Å². The van der Waals surface area contributed by atoms with Gasteiger partial charge in [0.1, 0.15) is 5.68 Å².